The maximum Gasteiger partial charge on any atom is -0.00156 e. The summed E-state index contributed by atoms with van der Waals surface area (Å²) in [4.78, 5) is 0. The fraction of sp³-hybridized carbons (Fsp3) is 0.0909. The number of rotatable bonds is 1. The molecule has 1 heteroatoms. The van der Waals surface area contributed by atoms with Crippen molar-refractivity contribution in [3.63, 3.8) is 0 Å². The molecule has 0 aliphatic heterocycles. The van der Waals surface area contributed by atoms with Crippen molar-refractivity contribution in [2.24, 2.45) is 0 Å². The molecule has 2 aromatic rings. The van der Waals surface area contributed by atoms with Gasteiger partial charge >= 0.3 is 0 Å². The number of hydrogen-bond acceptors (Lipinski definition) is 0. The van der Waals surface area contributed by atoms with Gasteiger partial charge in [0, 0.05) is 0 Å². The quantitative estimate of drug-likeness (QED) is 0.618. The molecule has 1 aromatic carbocycles. The maximum absolute atomic E-state index is 2.22. The molecule has 0 fully saturated rings. The van der Waals surface area contributed by atoms with E-state index < -0.39 is 0 Å². The van der Waals surface area contributed by atoms with Crippen LogP contribution in [0.2, 0.25) is 0 Å². The van der Waals surface area contributed by atoms with Crippen LogP contribution in [0.25, 0.3) is 10.9 Å². The number of aryl methyl sites for hydroxylation is 1. The van der Waals surface area contributed by atoms with Crippen LogP contribution in [0.5, 0.6) is 0 Å². The average molecular weight is 174 g/mol. The molecule has 0 nitrogen and oxygen atoms in total. The van der Waals surface area contributed by atoms with E-state index in [0.29, 0.717) is 0 Å². The zero-order valence-corrected chi connectivity index (χ0v) is 8.04. The van der Waals surface area contributed by atoms with Gasteiger partial charge in [-0.15, -0.1) is 8.19 Å². The van der Waals surface area contributed by atoms with Crippen molar-refractivity contribution in [1.29, 1.82) is 0 Å². The SMILES string of the molecule is Cc1ccccc1-c1ccc[pH]1. The number of benzene rings is 1. The van der Waals surface area contributed by atoms with Gasteiger partial charge in [0.05, 0.1) is 0 Å². The first-order chi connectivity index (χ1) is 5.88. The van der Waals surface area contributed by atoms with Crippen molar-refractivity contribution < 1.29 is 0 Å². The molecular formula is C11H11P. The lowest BCUT2D eigenvalue weighted by Gasteiger charge is -2.01. The Bertz CT molecular complexity index is 360. The molecule has 1 heterocycles. The predicted octanol–water partition coefficient (Wildman–Crippen LogP) is 3.69. The molecule has 60 valence electrons. The Labute approximate surface area is 74.3 Å². The standard InChI is InChI=1S/C11H11P/c1-9-5-2-3-6-10(9)11-7-4-8-12-11/h2-8,12H,1H3. The van der Waals surface area contributed by atoms with E-state index in [9.17, 15) is 0 Å². The minimum Gasteiger partial charge on any atom is -0.132 e. The van der Waals surface area contributed by atoms with Crippen LogP contribution < -0.4 is 0 Å². The van der Waals surface area contributed by atoms with Gasteiger partial charge in [-0.3, -0.25) is 0 Å². The van der Waals surface area contributed by atoms with Gasteiger partial charge in [-0.25, -0.2) is 0 Å². The highest BCUT2D eigenvalue weighted by molar-refractivity contribution is 7.33. The summed E-state index contributed by atoms with van der Waals surface area (Å²) in [5.74, 6) is 2.22. The van der Waals surface area contributed by atoms with Crippen molar-refractivity contribution in [1.82, 2.24) is 0 Å². The van der Waals surface area contributed by atoms with Gasteiger partial charge in [0.2, 0.25) is 0 Å². The lowest BCUT2D eigenvalue weighted by atomic mass is 10.1. The Balaban J connectivity index is 2.55. The van der Waals surface area contributed by atoms with Gasteiger partial charge in [-0.05, 0) is 29.1 Å². The van der Waals surface area contributed by atoms with Crippen LogP contribution in [-0.2, 0) is 0 Å². The summed E-state index contributed by atoms with van der Waals surface area (Å²) in [6.45, 7) is 2.17. The molecule has 1 aromatic heterocycles. The van der Waals surface area contributed by atoms with E-state index in [4.69, 9.17) is 0 Å². The molecule has 1 atom stereocenters. The van der Waals surface area contributed by atoms with Crippen molar-refractivity contribution in [2.75, 3.05) is 0 Å². The van der Waals surface area contributed by atoms with Crippen LogP contribution >= 0.6 is 8.19 Å². The first-order valence-electron chi connectivity index (χ1n) is 4.07. The lowest BCUT2D eigenvalue weighted by Crippen LogP contribution is -1.76. The minimum absolute atomic E-state index is 0.854. The Morgan fingerprint density at radius 3 is 2.50 bits per heavy atom. The number of hydrogen-bond donors (Lipinski definition) is 0. The molecule has 0 radical (unpaired) electrons. The van der Waals surface area contributed by atoms with E-state index in [2.05, 4.69) is 49.1 Å². The normalized spacial score (nSPS) is 10.8. The van der Waals surface area contributed by atoms with Crippen molar-refractivity contribution >= 4 is 8.19 Å². The van der Waals surface area contributed by atoms with Gasteiger partial charge < -0.3 is 0 Å². The molecule has 0 aliphatic rings. The molecule has 0 aliphatic carbocycles. The molecule has 0 bridgehead atoms. The van der Waals surface area contributed by atoms with Crippen molar-refractivity contribution in [3.8, 4) is 10.9 Å². The monoisotopic (exact) mass is 174 g/mol. The lowest BCUT2D eigenvalue weighted by molar-refractivity contribution is 1.48. The zero-order chi connectivity index (χ0) is 8.39. The Morgan fingerprint density at radius 1 is 1.00 bits per heavy atom. The van der Waals surface area contributed by atoms with Gasteiger partial charge in [0.25, 0.3) is 0 Å². The maximum atomic E-state index is 2.22. The highest BCUT2D eigenvalue weighted by Crippen LogP contribution is 2.30. The molecule has 12 heavy (non-hydrogen) atoms. The van der Waals surface area contributed by atoms with Crippen LogP contribution in [-0.4, -0.2) is 0 Å². The smallest absolute Gasteiger partial charge is 0.00156 e. The van der Waals surface area contributed by atoms with Crippen molar-refractivity contribution in [3.05, 3.63) is 47.8 Å². The fourth-order valence-corrected chi connectivity index (χ4v) is 2.37. The van der Waals surface area contributed by atoms with Crippen molar-refractivity contribution in [2.45, 2.75) is 6.92 Å². The molecule has 2 rings (SSSR count). The molecule has 0 saturated heterocycles. The molecular weight excluding hydrogens is 163 g/mol. The topological polar surface area (TPSA) is 0 Å². The second kappa shape index (κ2) is 3.16. The fourth-order valence-electron chi connectivity index (χ4n) is 1.37. The summed E-state index contributed by atoms with van der Waals surface area (Å²) in [6.07, 6.45) is 0. The van der Waals surface area contributed by atoms with Crippen LogP contribution in [0.15, 0.2) is 42.2 Å². The third-order valence-corrected chi connectivity index (χ3v) is 3.14. The van der Waals surface area contributed by atoms with Gasteiger partial charge in [0.15, 0.2) is 0 Å². The molecule has 1 unspecified atom stereocenters. The minimum atomic E-state index is 0.854. The van der Waals surface area contributed by atoms with E-state index in [1.54, 1.807) is 0 Å². The Morgan fingerprint density at radius 2 is 1.83 bits per heavy atom. The Hall–Kier alpha value is -1.000. The van der Waals surface area contributed by atoms with Crippen LogP contribution in [0.1, 0.15) is 5.56 Å². The molecule has 0 spiro atoms. The van der Waals surface area contributed by atoms with E-state index in [-0.39, 0.29) is 0 Å². The van der Waals surface area contributed by atoms with Gasteiger partial charge in [-0.2, -0.15) is 0 Å². The summed E-state index contributed by atoms with van der Waals surface area (Å²) >= 11 is 0. The summed E-state index contributed by atoms with van der Waals surface area (Å²) in [5.41, 5.74) is 2.78. The third-order valence-electron chi connectivity index (χ3n) is 2.03. The first kappa shape index (κ1) is 7.64. The van der Waals surface area contributed by atoms with Crippen LogP contribution in [0.3, 0.4) is 0 Å². The van der Waals surface area contributed by atoms with Gasteiger partial charge in [-0.1, -0.05) is 36.4 Å². The second-order valence-corrected chi connectivity index (χ2v) is 4.06. The summed E-state index contributed by atoms with van der Waals surface area (Å²) < 4.78 is 0. The second-order valence-electron chi connectivity index (χ2n) is 2.90. The highest BCUT2D eigenvalue weighted by Gasteiger charge is 1.98. The predicted molar refractivity (Wildman–Crippen MR) is 56.1 cm³/mol. The van der Waals surface area contributed by atoms with E-state index in [0.717, 1.165) is 8.19 Å². The molecule has 0 saturated carbocycles. The average Bonchev–Trinajstić information content (AvgIpc) is 2.57. The molecule has 0 N–H and O–H groups in total. The first-order valence-corrected chi connectivity index (χ1v) is 5.15. The van der Waals surface area contributed by atoms with Crippen LogP contribution in [0.4, 0.5) is 0 Å². The summed E-state index contributed by atoms with van der Waals surface area (Å²) in [6, 6.07) is 12.9. The largest absolute Gasteiger partial charge is 0.132 e. The van der Waals surface area contributed by atoms with E-state index in [1.807, 2.05) is 0 Å². The van der Waals surface area contributed by atoms with E-state index >= 15 is 0 Å². The third kappa shape index (κ3) is 1.31. The zero-order valence-electron chi connectivity index (χ0n) is 7.04. The summed E-state index contributed by atoms with van der Waals surface area (Å²) in [7, 11) is 0.854. The highest BCUT2D eigenvalue weighted by atomic mass is 31.0. The van der Waals surface area contributed by atoms with E-state index in [1.165, 1.54) is 16.4 Å². The summed E-state index contributed by atoms with van der Waals surface area (Å²) in [5, 5.41) is 1.47. The Kier molecular flexibility index (Phi) is 2.01. The van der Waals surface area contributed by atoms with Crippen LogP contribution in [0, 0.1) is 6.92 Å². The molecule has 0 amide bonds. The van der Waals surface area contributed by atoms with Gasteiger partial charge in [0.1, 0.15) is 0 Å².